The first-order valence-corrected chi connectivity index (χ1v) is 6.91. The third kappa shape index (κ3) is 4.58. The van der Waals surface area contributed by atoms with E-state index in [0.29, 0.717) is 11.1 Å². The van der Waals surface area contributed by atoms with E-state index < -0.39 is 18.0 Å². The van der Waals surface area contributed by atoms with Crippen molar-refractivity contribution in [3.05, 3.63) is 71.3 Å². The maximum atomic E-state index is 12.3. The van der Waals surface area contributed by atoms with Gasteiger partial charge in [0, 0.05) is 6.54 Å². The minimum Gasteiger partial charge on any atom is -0.465 e. The molecule has 0 aliphatic carbocycles. The zero-order valence-corrected chi connectivity index (χ0v) is 12.2. The molecule has 2 aromatic carbocycles. The van der Waals surface area contributed by atoms with Crippen LogP contribution in [0, 0.1) is 11.3 Å². The lowest BCUT2D eigenvalue weighted by atomic mass is 10.1. The van der Waals surface area contributed by atoms with Crippen molar-refractivity contribution < 1.29 is 14.7 Å². The summed E-state index contributed by atoms with van der Waals surface area (Å²) in [6.45, 7) is 0.245. The molecule has 2 aromatic rings. The van der Waals surface area contributed by atoms with Gasteiger partial charge >= 0.3 is 6.09 Å². The van der Waals surface area contributed by atoms with E-state index in [2.05, 4.69) is 10.6 Å². The van der Waals surface area contributed by atoms with Crippen LogP contribution in [0.3, 0.4) is 0 Å². The van der Waals surface area contributed by atoms with Gasteiger partial charge in [0.2, 0.25) is 5.91 Å². The molecule has 116 valence electrons. The van der Waals surface area contributed by atoms with Gasteiger partial charge in [0.05, 0.1) is 11.6 Å². The summed E-state index contributed by atoms with van der Waals surface area (Å²) in [5.41, 5.74) is 1.92. The maximum Gasteiger partial charge on any atom is 0.405 e. The number of carbonyl (C=O) groups excluding carboxylic acids is 1. The quantitative estimate of drug-likeness (QED) is 0.787. The highest BCUT2D eigenvalue weighted by Crippen LogP contribution is 2.13. The molecule has 0 saturated heterocycles. The van der Waals surface area contributed by atoms with E-state index in [-0.39, 0.29) is 6.54 Å². The van der Waals surface area contributed by atoms with Gasteiger partial charge in [-0.15, -0.1) is 0 Å². The van der Waals surface area contributed by atoms with E-state index in [1.54, 1.807) is 54.6 Å². The summed E-state index contributed by atoms with van der Waals surface area (Å²) in [4.78, 5) is 23.2. The number of carbonyl (C=O) groups is 2. The van der Waals surface area contributed by atoms with Crippen molar-refractivity contribution in [3.63, 3.8) is 0 Å². The Morgan fingerprint density at radius 3 is 2.30 bits per heavy atom. The van der Waals surface area contributed by atoms with E-state index in [1.165, 1.54) is 0 Å². The Hall–Kier alpha value is -3.33. The van der Waals surface area contributed by atoms with Gasteiger partial charge in [-0.3, -0.25) is 4.79 Å². The molecule has 0 radical (unpaired) electrons. The number of hydrogen-bond acceptors (Lipinski definition) is 3. The normalized spacial score (nSPS) is 11.1. The highest BCUT2D eigenvalue weighted by molar-refractivity contribution is 5.86. The fraction of sp³-hybridized carbons (Fsp3) is 0.118. The first-order chi connectivity index (χ1) is 11.1. The molecule has 0 aliphatic rings. The number of nitrogens with zero attached hydrogens (tertiary/aromatic N) is 1. The number of benzene rings is 2. The van der Waals surface area contributed by atoms with Crippen molar-refractivity contribution >= 4 is 12.0 Å². The number of rotatable bonds is 5. The number of nitriles is 1. The van der Waals surface area contributed by atoms with Crippen LogP contribution in [-0.4, -0.2) is 17.1 Å². The molecule has 1 atom stereocenters. The van der Waals surface area contributed by atoms with Crippen molar-refractivity contribution in [2.75, 3.05) is 0 Å². The lowest BCUT2D eigenvalue weighted by Gasteiger charge is -2.17. The van der Waals surface area contributed by atoms with Crippen molar-refractivity contribution in [1.29, 1.82) is 5.26 Å². The van der Waals surface area contributed by atoms with Crippen molar-refractivity contribution in [3.8, 4) is 6.07 Å². The highest BCUT2D eigenvalue weighted by Gasteiger charge is 2.21. The number of carboxylic acid groups (broad SMARTS) is 1. The first kappa shape index (κ1) is 16.0. The Kier molecular flexibility index (Phi) is 5.31. The summed E-state index contributed by atoms with van der Waals surface area (Å²) in [6, 6.07) is 16.5. The molecule has 0 bridgehead atoms. The van der Waals surface area contributed by atoms with Gasteiger partial charge in [-0.05, 0) is 23.3 Å². The fourth-order valence-corrected chi connectivity index (χ4v) is 2.06. The molecule has 0 saturated carbocycles. The molecule has 6 nitrogen and oxygen atoms in total. The first-order valence-electron chi connectivity index (χ1n) is 6.91. The lowest BCUT2D eigenvalue weighted by molar-refractivity contribution is -0.123. The molecule has 2 rings (SSSR count). The summed E-state index contributed by atoms with van der Waals surface area (Å²) >= 11 is 0. The Morgan fingerprint density at radius 1 is 1.09 bits per heavy atom. The molecular weight excluding hydrogens is 294 g/mol. The van der Waals surface area contributed by atoms with Crippen molar-refractivity contribution in [1.82, 2.24) is 10.6 Å². The predicted molar refractivity (Wildman–Crippen MR) is 83.3 cm³/mol. The van der Waals surface area contributed by atoms with Crippen LogP contribution in [0.2, 0.25) is 0 Å². The van der Waals surface area contributed by atoms with Crippen LogP contribution in [0.25, 0.3) is 0 Å². The molecule has 23 heavy (non-hydrogen) atoms. The summed E-state index contributed by atoms with van der Waals surface area (Å²) in [7, 11) is 0. The van der Waals surface area contributed by atoms with Gasteiger partial charge in [0.15, 0.2) is 0 Å². The molecule has 0 aliphatic heterocycles. The van der Waals surface area contributed by atoms with E-state index in [1.807, 2.05) is 6.07 Å². The van der Waals surface area contributed by atoms with E-state index in [0.717, 1.165) is 5.56 Å². The smallest absolute Gasteiger partial charge is 0.405 e. The molecular formula is C17H15N3O3. The SMILES string of the molecule is N#Cc1ccc(CNC(=O)C(NC(=O)O)c2ccccc2)cc1. The summed E-state index contributed by atoms with van der Waals surface area (Å²) in [5.74, 6) is -0.442. The molecule has 2 amide bonds. The van der Waals surface area contributed by atoms with Gasteiger partial charge in [-0.25, -0.2) is 4.79 Å². The lowest BCUT2D eigenvalue weighted by Crippen LogP contribution is -2.39. The van der Waals surface area contributed by atoms with Gasteiger partial charge in [-0.1, -0.05) is 42.5 Å². The van der Waals surface area contributed by atoms with Gasteiger partial charge in [0.1, 0.15) is 6.04 Å². The highest BCUT2D eigenvalue weighted by atomic mass is 16.4. The number of hydrogen-bond donors (Lipinski definition) is 3. The average Bonchev–Trinajstić information content (AvgIpc) is 2.58. The van der Waals surface area contributed by atoms with Crippen LogP contribution >= 0.6 is 0 Å². The summed E-state index contributed by atoms with van der Waals surface area (Å²) in [6.07, 6.45) is -1.27. The third-order valence-corrected chi connectivity index (χ3v) is 3.21. The molecule has 0 spiro atoms. The zero-order valence-electron chi connectivity index (χ0n) is 12.2. The Morgan fingerprint density at radius 2 is 1.74 bits per heavy atom. The predicted octanol–water partition coefficient (Wildman–Crippen LogP) is 2.18. The van der Waals surface area contributed by atoms with Crippen LogP contribution in [0.1, 0.15) is 22.7 Å². The van der Waals surface area contributed by atoms with Crippen LogP contribution in [-0.2, 0) is 11.3 Å². The number of nitrogens with one attached hydrogen (secondary N) is 2. The van der Waals surface area contributed by atoms with Gasteiger partial charge < -0.3 is 15.7 Å². The summed E-state index contributed by atoms with van der Waals surface area (Å²) in [5, 5.41) is 22.6. The molecule has 0 fully saturated rings. The zero-order chi connectivity index (χ0) is 16.7. The standard InChI is InChI=1S/C17H15N3O3/c18-10-12-6-8-13(9-7-12)11-19-16(21)15(20-17(22)23)14-4-2-1-3-5-14/h1-9,15,20H,11H2,(H,19,21)(H,22,23). The Bertz CT molecular complexity index is 721. The van der Waals surface area contributed by atoms with Crippen LogP contribution < -0.4 is 10.6 Å². The van der Waals surface area contributed by atoms with E-state index in [9.17, 15) is 9.59 Å². The van der Waals surface area contributed by atoms with Gasteiger partial charge in [0.25, 0.3) is 0 Å². The van der Waals surface area contributed by atoms with Gasteiger partial charge in [-0.2, -0.15) is 5.26 Å². The minimum absolute atomic E-state index is 0.245. The molecule has 6 heteroatoms. The number of amides is 2. The second-order valence-electron chi connectivity index (χ2n) is 4.82. The Labute approximate surface area is 133 Å². The van der Waals surface area contributed by atoms with Crippen LogP contribution in [0.15, 0.2) is 54.6 Å². The topological polar surface area (TPSA) is 102 Å². The summed E-state index contributed by atoms with van der Waals surface area (Å²) < 4.78 is 0. The largest absolute Gasteiger partial charge is 0.465 e. The fourth-order valence-electron chi connectivity index (χ4n) is 2.06. The van der Waals surface area contributed by atoms with Crippen molar-refractivity contribution in [2.24, 2.45) is 0 Å². The average molecular weight is 309 g/mol. The second kappa shape index (κ2) is 7.61. The third-order valence-electron chi connectivity index (χ3n) is 3.21. The molecule has 1 unspecified atom stereocenters. The second-order valence-corrected chi connectivity index (χ2v) is 4.82. The van der Waals surface area contributed by atoms with Crippen molar-refractivity contribution in [2.45, 2.75) is 12.6 Å². The van der Waals surface area contributed by atoms with E-state index >= 15 is 0 Å². The van der Waals surface area contributed by atoms with E-state index in [4.69, 9.17) is 10.4 Å². The monoisotopic (exact) mass is 309 g/mol. The van der Waals surface area contributed by atoms with Crippen LogP contribution in [0.5, 0.6) is 0 Å². The minimum atomic E-state index is -1.27. The van der Waals surface area contributed by atoms with Crippen LogP contribution in [0.4, 0.5) is 4.79 Å². The molecule has 0 aromatic heterocycles. The Balaban J connectivity index is 2.05. The molecule has 3 N–H and O–H groups in total. The maximum absolute atomic E-state index is 12.3. The molecule has 0 heterocycles.